The average Bonchev–Trinajstić information content (AvgIpc) is 3.01. The largest absolute Gasteiger partial charge is 0.357 e. The van der Waals surface area contributed by atoms with Crippen LogP contribution in [0.5, 0.6) is 0 Å². The first-order valence-corrected chi connectivity index (χ1v) is 10.2. The zero-order valence-corrected chi connectivity index (χ0v) is 17.6. The van der Waals surface area contributed by atoms with Crippen LogP contribution in [0.3, 0.4) is 0 Å². The molecule has 0 heterocycles. The minimum atomic E-state index is -3.11. The van der Waals surface area contributed by atoms with Crippen LogP contribution in [0.15, 0.2) is 4.99 Å². The van der Waals surface area contributed by atoms with E-state index in [4.69, 9.17) is 0 Å². The molecule has 138 valence electrons. The molecule has 0 bridgehead atoms. The Kier molecular flexibility index (Phi) is 13.2. The van der Waals surface area contributed by atoms with Crippen molar-refractivity contribution in [3.8, 4) is 0 Å². The van der Waals surface area contributed by atoms with Crippen LogP contribution in [0.2, 0.25) is 0 Å². The highest BCUT2D eigenvalue weighted by atomic mass is 127. The Morgan fingerprint density at radius 2 is 1.83 bits per heavy atom. The monoisotopic (exact) mass is 460 g/mol. The third-order valence-electron chi connectivity index (χ3n) is 3.98. The molecule has 1 aliphatic carbocycles. The lowest BCUT2D eigenvalue weighted by Gasteiger charge is -2.12. The number of rotatable bonds is 10. The van der Waals surface area contributed by atoms with Gasteiger partial charge >= 0.3 is 0 Å². The summed E-state index contributed by atoms with van der Waals surface area (Å²) in [5.74, 6) is 1.79. The maximum atomic E-state index is 11.3. The van der Waals surface area contributed by atoms with Crippen LogP contribution in [0.4, 0.5) is 0 Å². The van der Waals surface area contributed by atoms with Crippen molar-refractivity contribution in [3.05, 3.63) is 0 Å². The van der Waals surface area contributed by atoms with Gasteiger partial charge in [0, 0.05) is 26.2 Å². The fraction of sp³-hybridized carbons (Fsp3) is 0.933. The van der Waals surface area contributed by atoms with E-state index in [1.165, 1.54) is 32.1 Å². The van der Waals surface area contributed by atoms with Crippen LogP contribution in [0, 0.1) is 5.92 Å². The van der Waals surface area contributed by atoms with Crippen molar-refractivity contribution in [1.29, 1.82) is 0 Å². The van der Waals surface area contributed by atoms with Gasteiger partial charge in [0.1, 0.15) is 0 Å². The van der Waals surface area contributed by atoms with Gasteiger partial charge in [0.15, 0.2) is 5.96 Å². The fourth-order valence-corrected chi connectivity index (χ4v) is 3.32. The molecule has 0 spiro atoms. The Hall–Kier alpha value is -0.0900. The fourth-order valence-electron chi connectivity index (χ4n) is 2.70. The Balaban J connectivity index is 0.00000484. The smallest absolute Gasteiger partial charge is 0.211 e. The van der Waals surface area contributed by atoms with E-state index in [2.05, 4.69) is 20.3 Å². The molecule has 1 aliphatic rings. The Morgan fingerprint density at radius 1 is 1.13 bits per heavy atom. The maximum Gasteiger partial charge on any atom is 0.211 e. The molecule has 0 aromatic carbocycles. The number of hydrogen-bond donors (Lipinski definition) is 3. The van der Waals surface area contributed by atoms with Crippen LogP contribution in [0.25, 0.3) is 0 Å². The standard InChI is InChI=1S/C15H32N4O2S.HI/c1-3-16-15(18-12-13-19-22(20,21)4-2)17-11-7-10-14-8-5-6-9-14;/h14,19H,3-13H2,1-2H3,(H2,16,17,18);1H. The Morgan fingerprint density at radius 3 is 2.43 bits per heavy atom. The van der Waals surface area contributed by atoms with Crippen molar-refractivity contribution in [1.82, 2.24) is 15.4 Å². The summed E-state index contributed by atoms with van der Waals surface area (Å²) in [4.78, 5) is 4.55. The Bertz CT molecular complexity index is 423. The molecule has 0 saturated heterocycles. The minimum Gasteiger partial charge on any atom is -0.357 e. The van der Waals surface area contributed by atoms with Crippen molar-refractivity contribution in [2.24, 2.45) is 10.9 Å². The van der Waals surface area contributed by atoms with E-state index in [1.54, 1.807) is 6.92 Å². The second kappa shape index (κ2) is 13.2. The molecule has 6 nitrogen and oxygen atoms in total. The zero-order chi connectivity index (χ0) is 16.3. The summed E-state index contributed by atoms with van der Waals surface area (Å²) in [6, 6.07) is 0. The second-order valence-electron chi connectivity index (χ2n) is 5.78. The van der Waals surface area contributed by atoms with Crippen LogP contribution in [-0.2, 0) is 10.0 Å². The molecule has 23 heavy (non-hydrogen) atoms. The first-order valence-electron chi connectivity index (χ1n) is 8.57. The summed E-state index contributed by atoms with van der Waals surface area (Å²) in [5, 5.41) is 6.34. The number of halogens is 1. The van der Waals surface area contributed by atoms with E-state index in [0.717, 1.165) is 31.4 Å². The quantitative estimate of drug-likeness (QED) is 0.202. The topological polar surface area (TPSA) is 82.6 Å². The molecule has 0 radical (unpaired) electrons. The van der Waals surface area contributed by atoms with Crippen molar-refractivity contribution < 1.29 is 8.42 Å². The normalized spacial score (nSPS) is 16.2. The van der Waals surface area contributed by atoms with Gasteiger partial charge in [-0.25, -0.2) is 13.1 Å². The van der Waals surface area contributed by atoms with Gasteiger partial charge in [-0.1, -0.05) is 25.7 Å². The van der Waals surface area contributed by atoms with Gasteiger partial charge in [0.05, 0.1) is 5.75 Å². The summed E-state index contributed by atoms with van der Waals surface area (Å²) < 4.78 is 25.2. The number of guanidine groups is 1. The minimum absolute atomic E-state index is 0. The Labute approximate surface area is 158 Å². The van der Waals surface area contributed by atoms with Gasteiger partial charge in [0.2, 0.25) is 10.0 Å². The van der Waals surface area contributed by atoms with Gasteiger partial charge in [0.25, 0.3) is 0 Å². The van der Waals surface area contributed by atoms with Crippen LogP contribution >= 0.6 is 24.0 Å². The average molecular weight is 460 g/mol. The summed E-state index contributed by atoms with van der Waals surface area (Å²) in [6.07, 6.45) is 7.97. The lowest BCUT2D eigenvalue weighted by molar-refractivity contribution is 0.487. The van der Waals surface area contributed by atoms with Crippen molar-refractivity contribution >= 4 is 40.0 Å². The summed E-state index contributed by atoms with van der Waals surface area (Å²) in [6.45, 7) is 6.19. The highest BCUT2D eigenvalue weighted by Gasteiger charge is 2.13. The first-order chi connectivity index (χ1) is 10.6. The van der Waals surface area contributed by atoms with E-state index in [0.29, 0.717) is 13.1 Å². The second-order valence-corrected chi connectivity index (χ2v) is 7.87. The van der Waals surface area contributed by atoms with Crippen molar-refractivity contribution in [3.63, 3.8) is 0 Å². The molecule has 0 unspecified atom stereocenters. The lowest BCUT2D eigenvalue weighted by Crippen LogP contribution is -2.41. The summed E-state index contributed by atoms with van der Waals surface area (Å²) >= 11 is 0. The van der Waals surface area contributed by atoms with Gasteiger partial charge in [-0.05, 0) is 32.6 Å². The molecule has 1 saturated carbocycles. The maximum absolute atomic E-state index is 11.3. The molecule has 8 heteroatoms. The lowest BCUT2D eigenvalue weighted by atomic mass is 10.0. The highest BCUT2D eigenvalue weighted by Crippen LogP contribution is 2.28. The van der Waals surface area contributed by atoms with Crippen LogP contribution in [0.1, 0.15) is 52.4 Å². The third kappa shape index (κ3) is 11.1. The molecule has 0 amide bonds. The van der Waals surface area contributed by atoms with Gasteiger partial charge in [-0.15, -0.1) is 24.0 Å². The molecule has 1 fully saturated rings. The third-order valence-corrected chi connectivity index (χ3v) is 5.38. The SMILES string of the molecule is CCNC(=NCCCC1CCCC1)NCCNS(=O)(=O)CC.I. The van der Waals surface area contributed by atoms with E-state index in [9.17, 15) is 8.42 Å². The number of hydrogen-bond acceptors (Lipinski definition) is 3. The van der Waals surface area contributed by atoms with E-state index < -0.39 is 10.0 Å². The van der Waals surface area contributed by atoms with Gasteiger partial charge in [-0.3, -0.25) is 4.99 Å². The van der Waals surface area contributed by atoms with E-state index in [1.807, 2.05) is 6.92 Å². The molecule has 3 N–H and O–H groups in total. The molecule has 1 rings (SSSR count). The summed E-state index contributed by atoms with van der Waals surface area (Å²) in [5.41, 5.74) is 0. The van der Waals surface area contributed by atoms with Crippen molar-refractivity contribution in [2.45, 2.75) is 52.4 Å². The van der Waals surface area contributed by atoms with Crippen LogP contribution < -0.4 is 15.4 Å². The molecular formula is C15H33IN4O2S. The molecular weight excluding hydrogens is 427 g/mol. The van der Waals surface area contributed by atoms with E-state index >= 15 is 0 Å². The van der Waals surface area contributed by atoms with Crippen molar-refractivity contribution in [2.75, 3.05) is 31.9 Å². The molecule has 0 aromatic rings. The predicted octanol–water partition coefficient (Wildman–Crippen LogP) is 2.07. The van der Waals surface area contributed by atoms with Gasteiger partial charge < -0.3 is 10.6 Å². The number of aliphatic imine (C=N–C) groups is 1. The highest BCUT2D eigenvalue weighted by molar-refractivity contribution is 14.0. The summed E-state index contributed by atoms with van der Waals surface area (Å²) in [7, 11) is -3.11. The molecule has 0 aliphatic heterocycles. The molecule has 0 atom stereocenters. The zero-order valence-electron chi connectivity index (χ0n) is 14.4. The van der Waals surface area contributed by atoms with E-state index in [-0.39, 0.29) is 29.7 Å². The van der Waals surface area contributed by atoms with Gasteiger partial charge in [-0.2, -0.15) is 0 Å². The first kappa shape index (κ1) is 22.9. The van der Waals surface area contributed by atoms with Crippen LogP contribution in [-0.4, -0.2) is 46.3 Å². The number of nitrogens with zero attached hydrogens (tertiary/aromatic N) is 1. The number of nitrogens with one attached hydrogen (secondary N) is 3. The predicted molar refractivity (Wildman–Crippen MR) is 108 cm³/mol. The number of sulfonamides is 1. The molecule has 0 aromatic heterocycles.